The van der Waals surface area contributed by atoms with Crippen LogP contribution in [0.4, 0.5) is 0 Å². The lowest BCUT2D eigenvalue weighted by atomic mass is 9.77. The van der Waals surface area contributed by atoms with Crippen LogP contribution in [0, 0.1) is 12.8 Å². The van der Waals surface area contributed by atoms with Gasteiger partial charge in [0.25, 0.3) is 0 Å². The molecule has 1 aromatic heterocycles. The molecule has 3 aromatic carbocycles. The molecule has 1 fully saturated rings. The fraction of sp³-hybridized carbons (Fsp3) is 0.323. The van der Waals surface area contributed by atoms with Crippen LogP contribution in [-0.2, 0) is 0 Å². The summed E-state index contributed by atoms with van der Waals surface area (Å²) in [4.78, 5) is 5.22. The van der Waals surface area contributed by atoms with Crippen molar-refractivity contribution in [2.75, 3.05) is 0 Å². The Bertz CT molecular complexity index is 1460. The molecule has 1 aliphatic carbocycles. The lowest BCUT2D eigenvalue weighted by Gasteiger charge is -2.31. The summed E-state index contributed by atoms with van der Waals surface area (Å²) in [6.45, 7) is 8.73. The third-order valence-electron chi connectivity index (χ3n) is 8.30. The Balaban J connectivity index is 1.51. The first kappa shape index (κ1) is 20.1. The van der Waals surface area contributed by atoms with Crippen molar-refractivity contribution in [3.8, 4) is 17.1 Å². The Morgan fingerprint density at radius 1 is 1.03 bits per heavy atom. The fourth-order valence-corrected chi connectivity index (χ4v) is 6.72. The first-order valence-corrected chi connectivity index (χ1v) is 12.7. The number of hydrogen-bond acceptors (Lipinski definition) is 2. The minimum atomic E-state index is -0.0323. The summed E-state index contributed by atoms with van der Waals surface area (Å²) in [5.41, 5.74) is 9.89. The maximum Gasteiger partial charge on any atom is 0.149 e. The number of nitrogens with zero attached hydrogens (tertiary/aromatic N) is 2. The standard InChI is InChI=1S/C31H30N2O/c1-4-20-16-26-27(17-24(20)21-9-7-8-18(2)14-21)33-29-25-15-19(3)12-13-28(25)34-30(29)22-10-5-6-11-23(22)31(33)32-26/h4-6,10-13,15-18,21,29-30H,1,7-9,14H2,2-3H3. The molecule has 170 valence electrons. The average Bonchev–Trinajstić information content (AvgIpc) is 3.41. The van der Waals surface area contributed by atoms with Gasteiger partial charge in [0.2, 0.25) is 0 Å². The molecule has 4 atom stereocenters. The summed E-state index contributed by atoms with van der Waals surface area (Å²) in [5, 5.41) is 0. The van der Waals surface area contributed by atoms with Gasteiger partial charge in [-0.25, -0.2) is 4.98 Å². The van der Waals surface area contributed by atoms with Crippen molar-refractivity contribution in [3.63, 3.8) is 0 Å². The quantitative estimate of drug-likeness (QED) is 0.312. The van der Waals surface area contributed by atoms with E-state index in [1.54, 1.807) is 0 Å². The molecule has 1 saturated carbocycles. The molecule has 3 heteroatoms. The van der Waals surface area contributed by atoms with E-state index in [1.807, 2.05) is 6.08 Å². The second-order valence-electron chi connectivity index (χ2n) is 10.6. The molecule has 4 aromatic rings. The second-order valence-corrected chi connectivity index (χ2v) is 10.6. The molecular weight excluding hydrogens is 416 g/mol. The van der Waals surface area contributed by atoms with Gasteiger partial charge in [-0.05, 0) is 60.9 Å². The topological polar surface area (TPSA) is 27.1 Å². The zero-order valence-corrected chi connectivity index (χ0v) is 19.9. The van der Waals surface area contributed by atoms with Crippen LogP contribution in [0.2, 0.25) is 0 Å². The van der Waals surface area contributed by atoms with Gasteiger partial charge in [0.05, 0.1) is 11.0 Å². The molecule has 0 bridgehead atoms. The van der Waals surface area contributed by atoms with E-state index >= 15 is 0 Å². The van der Waals surface area contributed by atoms with Crippen molar-refractivity contribution in [2.24, 2.45) is 5.92 Å². The number of aryl methyl sites for hydroxylation is 1. The van der Waals surface area contributed by atoms with Crippen molar-refractivity contribution in [3.05, 3.63) is 89.0 Å². The number of fused-ring (bicyclic) bond motifs is 10. The summed E-state index contributed by atoms with van der Waals surface area (Å²) in [5.74, 6) is 3.41. The number of rotatable bonds is 2. The normalized spacial score (nSPS) is 24.6. The predicted octanol–water partition coefficient (Wildman–Crippen LogP) is 7.98. The molecule has 3 nitrogen and oxygen atoms in total. The lowest BCUT2D eigenvalue weighted by molar-refractivity contribution is 0.195. The zero-order valence-electron chi connectivity index (χ0n) is 19.9. The predicted molar refractivity (Wildman–Crippen MR) is 138 cm³/mol. The van der Waals surface area contributed by atoms with Crippen molar-refractivity contribution in [1.82, 2.24) is 9.55 Å². The molecule has 3 aliphatic rings. The van der Waals surface area contributed by atoms with Gasteiger partial charge in [0.15, 0.2) is 0 Å². The van der Waals surface area contributed by atoms with E-state index in [9.17, 15) is 0 Å². The molecule has 7 rings (SSSR count). The maximum absolute atomic E-state index is 6.61. The summed E-state index contributed by atoms with van der Waals surface area (Å²) >= 11 is 0. The molecular formula is C31H30N2O. The molecule has 0 radical (unpaired) electrons. The van der Waals surface area contributed by atoms with Crippen molar-refractivity contribution in [2.45, 2.75) is 57.6 Å². The highest BCUT2D eigenvalue weighted by atomic mass is 16.5. The van der Waals surface area contributed by atoms with Crippen LogP contribution in [0.25, 0.3) is 28.5 Å². The van der Waals surface area contributed by atoms with E-state index in [2.05, 4.69) is 79.6 Å². The van der Waals surface area contributed by atoms with Gasteiger partial charge in [-0.15, -0.1) is 0 Å². The first-order valence-electron chi connectivity index (χ1n) is 12.7. The Morgan fingerprint density at radius 2 is 1.91 bits per heavy atom. The lowest BCUT2D eigenvalue weighted by Crippen LogP contribution is -2.23. The van der Waals surface area contributed by atoms with E-state index in [0.29, 0.717) is 5.92 Å². The van der Waals surface area contributed by atoms with E-state index < -0.39 is 0 Å². The second kappa shape index (κ2) is 7.33. The fourth-order valence-electron chi connectivity index (χ4n) is 6.72. The van der Waals surface area contributed by atoms with Gasteiger partial charge in [-0.3, -0.25) is 0 Å². The summed E-state index contributed by atoms with van der Waals surface area (Å²) < 4.78 is 9.08. The summed E-state index contributed by atoms with van der Waals surface area (Å²) in [7, 11) is 0. The van der Waals surface area contributed by atoms with Crippen LogP contribution in [0.3, 0.4) is 0 Å². The number of imidazole rings is 1. The molecule has 4 unspecified atom stereocenters. The van der Waals surface area contributed by atoms with Gasteiger partial charge in [-0.1, -0.05) is 74.4 Å². The van der Waals surface area contributed by atoms with Crippen LogP contribution in [0.15, 0.2) is 61.2 Å². The molecule has 34 heavy (non-hydrogen) atoms. The van der Waals surface area contributed by atoms with Crippen LogP contribution in [-0.4, -0.2) is 9.55 Å². The highest BCUT2D eigenvalue weighted by Gasteiger charge is 2.44. The number of hydrogen-bond donors (Lipinski definition) is 0. The summed E-state index contributed by atoms with van der Waals surface area (Å²) in [6.07, 6.45) is 7.17. The van der Waals surface area contributed by atoms with Gasteiger partial charge >= 0.3 is 0 Å². The first-order chi connectivity index (χ1) is 16.6. The largest absolute Gasteiger partial charge is 0.483 e. The Hall–Kier alpha value is -3.33. The number of benzene rings is 3. The van der Waals surface area contributed by atoms with Crippen LogP contribution >= 0.6 is 0 Å². The maximum atomic E-state index is 6.61. The van der Waals surface area contributed by atoms with Crippen molar-refractivity contribution < 1.29 is 4.74 Å². The van der Waals surface area contributed by atoms with E-state index in [-0.39, 0.29) is 12.1 Å². The third-order valence-corrected chi connectivity index (χ3v) is 8.30. The van der Waals surface area contributed by atoms with E-state index in [4.69, 9.17) is 9.72 Å². The van der Waals surface area contributed by atoms with Gasteiger partial charge < -0.3 is 9.30 Å². The minimum absolute atomic E-state index is 0.0323. The molecule has 0 saturated heterocycles. The van der Waals surface area contributed by atoms with Crippen LogP contribution < -0.4 is 4.74 Å². The van der Waals surface area contributed by atoms with Gasteiger partial charge in [0.1, 0.15) is 23.7 Å². The van der Waals surface area contributed by atoms with Crippen molar-refractivity contribution >= 4 is 17.1 Å². The highest BCUT2D eigenvalue weighted by Crippen LogP contribution is 2.54. The average molecular weight is 447 g/mol. The Labute approximate surface area is 201 Å². The zero-order chi connectivity index (χ0) is 23.0. The molecule has 0 spiro atoms. The Morgan fingerprint density at radius 3 is 2.76 bits per heavy atom. The van der Waals surface area contributed by atoms with E-state index in [1.165, 1.54) is 64.6 Å². The van der Waals surface area contributed by atoms with Gasteiger partial charge in [-0.2, -0.15) is 0 Å². The van der Waals surface area contributed by atoms with Crippen LogP contribution in [0.1, 0.15) is 78.5 Å². The molecule has 2 aliphatic heterocycles. The van der Waals surface area contributed by atoms with Crippen LogP contribution in [0.5, 0.6) is 5.75 Å². The monoisotopic (exact) mass is 446 g/mol. The Kier molecular flexibility index (Phi) is 4.33. The molecule has 0 N–H and O–H groups in total. The SMILES string of the molecule is C=Cc1cc2nc3n(c2cc1C1CCCC(C)C1)C1c2cc(C)ccc2OC1c1ccccc1-3. The van der Waals surface area contributed by atoms with Gasteiger partial charge in [0, 0.05) is 16.7 Å². The number of aromatic nitrogens is 2. The highest BCUT2D eigenvalue weighted by molar-refractivity contribution is 5.86. The summed E-state index contributed by atoms with van der Waals surface area (Å²) in [6, 6.07) is 20.0. The molecule has 0 amide bonds. The third kappa shape index (κ3) is 2.79. The number of ether oxygens (including phenoxy) is 1. The minimum Gasteiger partial charge on any atom is -0.483 e. The van der Waals surface area contributed by atoms with Crippen molar-refractivity contribution in [1.29, 1.82) is 0 Å². The molecule has 3 heterocycles. The van der Waals surface area contributed by atoms with E-state index in [0.717, 1.165) is 23.0 Å². The smallest absolute Gasteiger partial charge is 0.149 e.